The zero-order chi connectivity index (χ0) is 16.8. The number of amides is 1. The number of carbonyl (C=O) groups is 2. The summed E-state index contributed by atoms with van der Waals surface area (Å²) in [5.41, 5.74) is 1.28. The summed E-state index contributed by atoms with van der Waals surface area (Å²) in [5.74, 6) is -0.528. The molecule has 0 aliphatic carbocycles. The van der Waals surface area contributed by atoms with Gasteiger partial charge in [-0.2, -0.15) is 0 Å². The van der Waals surface area contributed by atoms with E-state index in [1.165, 1.54) is 9.13 Å². The summed E-state index contributed by atoms with van der Waals surface area (Å²) in [5, 5.41) is 2.71. The van der Waals surface area contributed by atoms with Crippen LogP contribution in [0, 0.1) is 0 Å². The van der Waals surface area contributed by atoms with Crippen LogP contribution in [0.1, 0.15) is 19.8 Å². The van der Waals surface area contributed by atoms with E-state index >= 15 is 0 Å². The maximum Gasteiger partial charge on any atom is 0.329 e. The number of ether oxygens (including phenoxy) is 1. The number of nitrogens with one attached hydrogen (secondary N) is 1. The molecule has 0 unspecified atom stereocenters. The van der Waals surface area contributed by atoms with E-state index in [2.05, 4.69) is 5.32 Å². The lowest BCUT2D eigenvalue weighted by Gasteiger charge is -2.06. The molecule has 0 aliphatic rings. The molecule has 0 radical (unpaired) electrons. The molecule has 2 rings (SSSR count). The molecule has 0 saturated heterocycles. The summed E-state index contributed by atoms with van der Waals surface area (Å²) < 4.78 is 7.77. The lowest BCUT2D eigenvalue weighted by atomic mass is 10.3. The Kier molecular flexibility index (Phi) is 5.56. The van der Waals surface area contributed by atoms with Crippen LogP contribution in [0.2, 0.25) is 0 Å². The van der Waals surface area contributed by atoms with Crippen molar-refractivity contribution >= 4 is 22.9 Å². The summed E-state index contributed by atoms with van der Waals surface area (Å²) in [6.07, 6.45) is 0.775. The largest absolute Gasteiger partial charge is 0.466 e. The molecule has 2 aromatic rings. The van der Waals surface area contributed by atoms with Gasteiger partial charge < -0.3 is 10.1 Å². The molecule has 0 spiro atoms. The summed E-state index contributed by atoms with van der Waals surface area (Å²) in [7, 11) is 1.68. The fourth-order valence-electron chi connectivity index (χ4n) is 2.41. The molecular weight excluding hydrogens is 298 g/mol. The summed E-state index contributed by atoms with van der Waals surface area (Å²) in [6.45, 7) is 2.44. The number of aryl methyl sites for hydroxylation is 1. The predicted octanol–water partition coefficient (Wildman–Crippen LogP) is 0.800. The van der Waals surface area contributed by atoms with Gasteiger partial charge in [0.05, 0.1) is 17.6 Å². The molecule has 1 aromatic carbocycles. The van der Waals surface area contributed by atoms with Crippen molar-refractivity contribution in [3.63, 3.8) is 0 Å². The van der Waals surface area contributed by atoms with Crippen LogP contribution in [-0.2, 0) is 27.9 Å². The predicted molar refractivity (Wildman–Crippen MR) is 86.1 cm³/mol. The summed E-state index contributed by atoms with van der Waals surface area (Å²) in [6, 6.07) is 7.33. The van der Waals surface area contributed by atoms with Crippen LogP contribution in [0.25, 0.3) is 11.0 Å². The van der Waals surface area contributed by atoms with Crippen molar-refractivity contribution in [2.24, 2.45) is 7.05 Å². The summed E-state index contributed by atoms with van der Waals surface area (Å²) in [4.78, 5) is 35.4. The Morgan fingerprint density at radius 2 is 1.91 bits per heavy atom. The minimum absolute atomic E-state index is 0.0421. The molecular formula is C16H21N3O4. The van der Waals surface area contributed by atoms with Crippen molar-refractivity contribution in [1.29, 1.82) is 0 Å². The van der Waals surface area contributed by atoms with E-state index < -0.39 is 0 Å². The molecule has 0 atom stereocenters. The van der Waals surface area contributed by atoms with E-state index in [-0.39, 0.29) is 30.5 Å². The van der Waals surface area contributed by atoms with Gasteiger partial charge in [0.15, 0.2) is 0 Å². The molecule has 0 aliphatic heterocycles. The second-order valence-electron chi connectivity index (χ2n) is 5.17. The Labute approximate surface area is 133 Å². The van der Waals surface area contributed by atoms with E-state index in [4.69, 9.17) is 4.74 Å². The SMILES string of the molecule is CCOC(=O)CCCNC(=O)Cn1c(=O)n(C)c2ccccc21. The highest BCUT2D eigenvalue weighted by Crippen LogP contribution is 2.11. The van der Waals surface area contributed by atoms with Crippen molar-refractivity contribution in [3.8, 4) is 0 Å². The van der Waals surface area contributed by atoms with Crippen LogP contribution in [0.3, 0.4) is 0 Å². The van der Waals surface area contributed by atoms with E-state index in [1.54, 1.807) is 14.0 Å². The lowest BCUT2D eigenvalue weighted by molar-refractivity contribution is -0.143. The smallest absolute Gasteiger partial charge is 0.329 e. The Morgan fingerprint density at radius 3 is 2.61 bits per heavy atom. The standard InChI is InChI=1S/C16H21N3O4/c1-3-23-15(21)9-6-10-17-14(20)11-19-13-8-5-4-7-12(13)18(2)16(19)22/h4-5,7-8H,3,6,9-11H2,1-2H3,(H,17,20). The molecule has 0 fully saturated rings. The molecule has 1 heterocycles. The second kappa shape index (κ2) is 7.62. The second-order valence-corrected chi connectivity index (χ2v) is 5.17. The molecule has 7 nitrogen and oxygen atoms in total. The zero-order valence-electron chi connectivity index (χ0n) is 13.4. The van der Waals surface area contributed by atoms with Crippen LogP contribution in [-0.4, -0.2) is 34.2 Å². The third-order valence-corrected chi connectivity index (χ3v) is 3.54. The normalized spacial score (nSPS) is 10.7. The Balaban J connectivity index is 1.93. The maximum atomic E-state index is 12.2. The zero-order valence-corrected chi connectivity index (χ0v) is 13.4. The number of fused-ring (bicyclic) bond motifs is 1. The van der Waals surface area contributed by atoms with Gasteiger partial charge in [-0.1, -0.05) is 12.1 Å². The Bertz CT molecular complexity index is 760. The van der Waals surface area contributed by atoms with Crippen molar-refractivity contribution in [2.45, 2.75) is 26.3 Å². The minimum Gasteiger partial charge on any atom is -0.466 e. The molecule has 0 saturated carbocycles. The number of aromatic nitrogens is 2. The first-order chi connectivity index (χ1) is 11.0. The summed E-state index contributed by atoms with van der Waals surface area (Å²) >= 11 is 0. The number of hydrogen-bond donors (Lipinski definition) is 1. The lowest BCUT2D eigenvalue weighted by Crippen LogP contribution is -2.33. The first kappa shape index (κ1) is 16.8. The van der Waals surface area contributed by atoms with Gasteiger partial charge in [-0.05, 0) is 25.5 Å². The molecule has 1 N–H and O–H groups in total. The van der Waals surface area contributed by atoms with Gasteiger partial charge in [-0.25, -0.2) is 4.79 Å². The Morgan fingerprint density at radius 1 is 1.22 bits per heavy atom. The molecule has 124 valence electrons. The molecule has 0 bridgehead atoms. The highest BCUT2D eigenvalue weighted by atomic mass is 16.5. The van der Waals surface area contributed by atoms with E-state index in [1.807, 2.05) is 24.3 Å². The van der Waals surface area contributed by atoms with Crippen LogP contribution >= 0.6 is 0 Å². The fraction of sp³-hybridized carbons (Fsp3) is 0.438. The minimum atomic E-state index is -0.271. The first-order valence-electron chi connectivity index (χ1n) is 7.61. The van der Waals surface area contributed by atoms with Gasteiger partial charge >= 0.3 is 11.7 Å². The van der Waals surface area contributed by atoms with Gasteiger partial charge in [0.25, 0.3) is 0 Å². The number of carbonyl (C=O) groups excluding carboxylic acids is 2. The third kappa shape index (κ3) is 4.00. The fourth-order valence-corrected chi connectivity index (χ4v) is 2.41. The van der Waals surface area contributed by atoms with Crippen LogP contribution in [0.4, 0.5) is 0 Å². The molecule has 1 amide bonds. The average Bonchev–Trinajstić information content (AvgIpc) is 2.77. The number of nitrogens with zero attached hydrogens (tertiary/aromatic N) is 2. The van der Waals surface area contributed by atoms with Crippen molar-refractivity contribution in [2.75, 3.05) is 13.2 Å². The number of imidazole rings is 1. The first-order valence-corrected chi connectivity index (χ1v) is 7.61. The van der Waals surface area contributed by atoms with E-state index in [9.17, 15) is 14.4 Å². The maximum absolute atomic E-state index is 12.2. The van der Waals surface area contributed by atoms with E-state index in [0.29, 0.717) is 19.6 Å². The number of hydrogen-bond acceptors (Lipinski definition) is 4. The Hall–Kier alpha value is -2.57. The van der Waals surface area contributed by atoms with E-state index in [0.717, 1.165) is 11.0 Å². The van der Waals surface area contributed by atoms with Crippen molar-refractivity contribution in [3.05, 3.63) is 34.7 Å². The highest BCUT2D eigenvalue weighted by molar-refractivity contribution is 5.80. The molecule has 1 aromatic heterocycles. The van der Waals surface area contributed by atoms with Gasteiger partial charge in [0.2, 0.25) is 5.91 Å². The topological polar surface area (TPSA) is 82.3 Å². The molecule has 23 heavy (non-hydrogen) atoms. The van der Waals surface area contributed by atoms with Crippen LogP contribution < -0.4 is 11.0 Å². The third-order valence-electron chi connectivity index (χ3n) is 3.54. The van der Waals surface area contributed by atoms with Crippen molar-refractivity contribution in [1.82, 2.24) is 14.5 Å². The van der Waals surface area contributed by atoms with Crippen LogP contribution in [0.5, 0.6) is 0 Å². The number of rotatable bonds is 7. The van der Waals surface area contributed by atoms with Gasteiger partial charge in [-0.3, -0.25) is 18.7 Å². The van der Waals surface area contributed by atoms with Gasteiger partial charge in [0, 0.05) is 20.0 Å². The van der Waals surface area contributed by atoms with Crippen molar-refractivity contribution < 1.29 is 14.3 Å². The van der Waals surface area contributed by atoms with Gasteiger partial charge in [-0.15, -0.1) is 0 Å². The average molecular weight is 319 g/mol. The highest BCUT2D eigenvalue weighted by Gasteiger charge is 2.12. The number of benzene rings is 1. The molecule has 7 heteroatoms. The van der Waals surface area contributed by atoms with Gasteiger partial charge in [0.1, 0.15) is 6.54 Å². The number of para-hydroxylation sites is 2. The number of esters is 1. The van der Waals surface area contributed by atoms with Crippen LogP contribution in [0.15, 0.2) is 29.1 Å². The quantitative estimate of drug-likeness (QED) is 0.604. The monoisotopic (exact) mass is 319 g/mol.